The van der Waals surface area contributed by atoms with E-state index in [-0.39, 0.29) is 40.5 Å². The van der Waals surface area contributed by atoms with E-state index in [9.17, 15) is 25.3 Å². The predicted octanol–water partition coefficient (Wildman–Crippen LogP) is 4.04. The minimum absolute atomic E-state index is 0.0340. The lowest BCUT2D eigenvalue weighted by Crippen LogP contribution is -2.26. The van der Waals surface area contributed by atoms with Gasteiger partial charge in [-0.1, -0.05) is 12.1 Å². The van der Waals surface area contributed by atoms with Gasteiger partial charge in [-0.25, -0.2) is 4.99 Å². The Labute approximate surface area is 201 Å². The van der Waals surface area contributed by atoms with Crippen molar-refractivity contribution in [2.24, 2.45) is 4.99 Å². The van der Waals surface area contributed by atoms with Gasteiger partial charge >= 0.3 is 0 Å². The maximum atomic E-state index is 12.8. The van der Waals surface area contributed by atoms with Crippen LogP contribution in [0.15, 0.2) is 52.3 Å². The molecule has 0 saturated heterocycles. The Morgan fingerprint density at radius 2 is 1.91 bits per heavy atom. The summed E-state index contributed by atoms with van der Waals surface area (Å²) in [5, 5.41) is 32.0. The Morgan fingerprint density at radius 1 is 1.23 bits per heavy atom. The normalized spacial score (nSPS) is 10.8. The van der Waals surface area contributed by atoms with E-state index in [1.54, 1.807) is 32.2 Å². The van der Waals surface area contributed by atoms with E-state index in [0.29, 0.717) is 24.5 Å². The molecule has 1 aromatic heterocycles. The van der Waals surface area contributed by atoms with Crippen LogP contribution in [0.4, 0.5) is 11.4 Å². The number of nitro benzene ring substituents is 1. The average Bonchev–Trinajstić information content (AvgIpc) is 2.85. The third kappa shape index (κ3) is 5.47. The monoisotopic (exact) mass is 476 g/mol. The second-order valence-corrected chi connectivity index (χ2v) is 7.50. The first kappa shape index (κ1) is 25.0. The second kappa shape index (κ2) is 11.0. The van der Waals surface area contributed by atoms with Crippen molar-refractivity contribution < 1.29 is 19.5 Å². The zero-order chi connectivity index (χ0) is 25.5. The molecule has 0 aliphatic rings. The van der Waals surface area contributed by atoms with Gasteiger partial charge in [0.05, 0.1) is 30.3 Å². The SMILES string of the molecule is CCOc1ccc(N=Cc2c(C)c(C#N)c(=O)n(CCc3ccc(OC)cc3)c2O)c([N+](=O)[O-])c1. The maximum Gasteiger partial charge on any atom is 0.298 e. The summed E-state index contributed by atoms with van der Waals surface area (Å²) in [6, 6.07) is 13.4. The van der Waals surface area contributed by atoms with Crippen molar-refractivity contribution in [3.05, 3.63) is 85.2 Å². The standard InChI is InChI=1S/C25H24N4O6/c1-4-35-19-9-10-22(23(13-19)29(32)33)27-15-21-16(2)20(14-26)24(30)28(25(21)31)12-11-17-5-7-18(34-3)8-6-17/h5-10,13,15,31H,4,11-12H2,1-3H3. The molecule has 10 nitrogen and oxygen atoms in total. The van der Waals surface area contributed by atoms with E-state index in [1.807, 2.05) is 18.2 Å². The Morgan fingerprint density at radius 3 is 2.51 bits per heavy atom. The maximum absolute atomic E-state index is 12.8. The molecule has 10 heteroatoms. The van der Waals surface area contributed by atoms with Gasteiger partial charge in [0.1, 0.15) is 28.8 Å². The zero-order valence-electron chi connectivity index (χ0n) is 19.5. The lowest BCUT2D eigenvalue weighted by atomic mass is 10.1. The van der Waals surface area contributed by atoms with Crippen molar-refractivity contribution in [1.29, 1.82) is 5.26 Å². The number of aromatic nitrogens is 1. The lowest BCUT2D eigenvalue weighted by Gasteiger charge is -2.14. The van der Waals surface area contributed by atoms with Gasteiger partial charge in [-0.2, -0.15) is 5.26 Å². The van der Waals surface area contributed by atoms with Gasteiger partial charge in [-0.05, 0) is 55.7 Å². The molecule has 1 heterocycles. The fourth-order valence-corrected chi connectivity index (χ4v) is 3.52. The predicted molar refractivity (Wildman–Crippen MR) is 130 cm³/mol. The number of hydrogen-bond donors (Lipinski definition) is 1. The van der Waals surface area contributed by atoms with Crippen LogP contribution in [0.2, 0.25) is 0 Å². The van der Waals surface area contributed by atoms with Gasteiger partial charge in [0.25, 0.3) is 11.2 Å². The number of aliphatic imine (C=N–C) groups is 1. The van der Waals surface area contributed by atoms with E-state index < -0.39 is 10.5 Å². The number of nitrogens with zero attached hydrogens (tertiary/aromatic N) is 4. The summed E-state index contributed by atoms with van der Waals surface area (Å²) in [5.41, 5.74) is 0.244. The van der Waals surface area contributed by atoms with Crippen LogP contribution < -0.4 is 15.0 Å². The number of benzene rings is 2. The molecule has 3 aromatic rings. The molecule has 0 aliphatic carbocycles. The second-order valence-electron chi connectivity index (χ2n) is 7.50. The number of hydrogen-bond acceptors (Lipinski definition) is 8. The molecule has 0 saturated carbocycles. The molecule has 3 rings (SSSR count). The van der Waals surface area contributed by atoms with Crippen molar-refractivity contribution in [3.63, 3.8) is 0 Å². The summed E-state index contributed by atoms with van der Waals surface area (Å²) >= 11 is 0. The van der Waals surface area contributed by atoms with Gasteiger partial charge in [-0.3, -0.25) is 19.5 Å². The van der Waals surface area contributed by atoms with E-state index in [4.69, 9.17) is 9.47 Å². The van der Waals surface area contributed by atoms with Crippen molar-refractivity contribution in [1.82, 2.24) is 4.57 Å². The first-order valence-electron chi connectivity index (χ1n) is 10.7. The van der Waals surface area contributed by atoms with Gasteiger partial charge < -0.3 is 14.6 Å². The van der Waals surface area contributed by atoms with Crippen LogP contribution in [0, 0.1) is 28.4 Å². The number of aromatic hydroxyl groups is 1. The average molecular weight is 476 g/mol. The number of ether oxygens (including phenoxy) is 2. The molecule has 0 unspecified atom stereocenters. The molecule has 0 aliphatic heterocycles. The highest BCUT2D eigenvalue weighted by molar-refractivity contribution is 5.88. The van der Waals surface area contributed by atoms with Crippen LogP contribution >= 0.6 is 0 Å². The molecular formula is C25H24N4O6. The molecule has 0 amide bonds. The lowest BCUT2D eigenvalue weighted by molar-refractivity contribution is -0.384. The summed E-state index contributed by atoms with van der Waals surface area (Å²) < 4.78 is 11.6. The Kier molecular flexibility index (Phi) is 7.84. The molecule has 2 aromatic carbocycles. The summed E-state index contributed by atoms with van der Waals surface area (Å²) in [4.78, 5) is 28.0. The minimum Gasteiger partial charge on any atom is -0.497 e. The highest BCUT2D eigenvalue weighted by Crippen LogP contribution is 2.32. The Bertz CT molecular complexity index is 1370. The molecule has 0 radical (unpaired) electrons. The quantitative estimate of drug-likeness (QED) is 0.279. The molecule has 0 spiro atoms. The van der Waals surface area contributed by atoms with Crippen molar-refractivity contribution in [3.8, 4) is 23.4 Å². The van der Waals surface area contributed by atoms with E-state index in [0.717, 1.165) is 10.1 Å². The Balaban J connectivity index is 2.01. The summed E-state index contributed by atoms with van der Waals surface area (Å²) in [7, 11) is 1.56. The Hall–Kier alpha value is -4.65. The first-order valence-corrected chi connectivity index (χ1v) is 10.7. The van der Waals surface area contributed by atoms with Gasteiger partial charge in [0, 0.05) is 12.8 Å². The smallest absolute Gasteiger partial charge is 0.298 e. The van der Waals surface area contributed by atoms with Crippen LogP contribution in [0.3, 0.4) is 0 Å². The molecule has 0 fully saturated rings. The van der Waals surface area contributed by atoms with Crippen LogP contribution in [-0.4, -0.2) is 34.5 Å². The minimum atomic E-state index is -0.625. The van der Waals surface area contributed by atoms with Gasteiger partial charge in [0.15, 0.2) is 0 Å². The van der Waals surface area contributed by atoms with Gasteiger partial charge in [0.2, 0.25) is 5.88 Å². The zero-order valence-corrected chi connectivity index (χ0v) is 19.5. The number of nitro groups is 1. The fourth-order valence-electron chi connectivity index (χ4n) is 3.52. The molecule has 35 heavy (non-hydrogen) atoms. The molecule has 1 N–H and O–H groups in total. The molecule has 0 bridgehead atoms. The van der Waals surface area contributed by atoms with Crippen molar-refractivity contribution >= 4 is 17.6 Å². The summed E-state index contributed by atoms with van der Waals surface area (Å²) in [6.45, 7) is 3.74. The molecular weight excluding hydrogens is 452 g/mol. The van der Waals surface area contributed by atoms with Gasteiger partial charge in [-0.15, -0.1) is 0 Å². The van der Waals surface area contributed by atoms with Crippen LogP contribution in [-0.2, 0) is 13.0 Å². The van der Waals surface area contributed by atoms with E-state index >= 15 is 0 Å². The van der Waals surface area contributed by atoms with Crippen molar-refractivity contribution in [2.75, 3.05) is 13.7 Å². The third-order valence-corrected chi connectivity index (χ3v) is 5.42. The van der Waals surface area contributed by atoms with E-state index in [1.165, 1.54) is 25.3 Å². The number of pyridine rings is 1. The third-order valence-electron chi connectivity index (χ3n) is 5.42. The van der Waals surface area contributed by atoms with Crippen molar-refractivity contribution in [2.45, 2.75) is 26.8 Å². The van der Waals surface area contributed by atoms with Crippen LogP contribution in [0.25, 0.3) is 0 Å². The fraction of sp³-hybridized carbons (Fsp3) is 0.240. The summed E-state index contributed by atoms with van der Waals surface area (Å²) in [6.07, 6.45) is 1.63. The van der Waals surface area contributed by atoms with E-state index in [2.05, 4.69) is 4.99 Å². The molecule has 180 valence electrons. The number of nitriles is 1. The number of rotatable bonds is 9. The topological polar surface area (TPSA) is 140 Å². The number of aryl methyl sites for hydroxylation is 1. The first-order chi connectivity index (χ1) is 16.8. The largest absolute Gasteiger partial charge is 0.497 e. The molecule has 0 atom stereocenters. The highest BCUT2D eigenvalue weighted by Gasteiger charge is 2.19. The van der Waals surface area contributed by atoms with Crippen LogP contribution in [0.1, 0.15) is 29.2 Å². The van der Waals surface area contributed by atoms with Crippen LogP contribution in [0.5, 0.6) is 17.4 Å². The number of methoxy groups -OCH3 is 1. The highest BCUT2D eigenvalue weighted by atomic mass is 16.6. The summed E-state index contributed by atoms with van der Waals surface area (Å²) in [5.74, 6) is 0.645.